The first-order chi connectivity index (χ1) is 7.74. The standard InChI is InChI=1S/C13H11FO2/c1-10-2-6-12(7-3-10)15-16-13-8-4-11(14)5-9-13/h2-9H,1H3. The van der Waals surface area contributed by atoms with Gasteiger partial charge in [0.05, 0.1) is 0 Å². The van der Waals surface area contributed by atoms with Crippen molar-refractivity contribution in [2.24, 2.45) is 0 Å². The van der Waals surface area contributed by atoms with Crippen molar-refractivity contribution in [3.05, 3.63) is 59.9 Å². The Morgan fingerprint density at radius 2 is 1.19 bits per heavy atom. The smallest absolute Gasteiger partial charge is 0.178 e. The highest BCUT2D eigenvalue weighted by Gasteiger charge is 1.97. The topological polar surface area (TPSA) is 18.5 Å². The average molecular weight is 218 g/mol. The lowest BCUT2D eigenvalue weighted by Crippen LogP contribution is -2.00. The number of halogens is 1. The number of benzene rings is 2. The molecule has 0 aliphatic carbocycles. The van der Waals surface area contributed by atoms with E-state index in [2.05, 4.69) is 0 Å². The Labute approximate surface area is 93.2 Å². The highest BCUT2D eigenvalue weighted by molar-refractivity contribution is 5.26. The summed E-state index contributed by atoms with van der Waals surface area (Å²) in [6.07, 6.45) is 0. The summed E-state index contributed by atoms with van der Waals surface area (Å²) in [5.74, 6) is 0.764. The van der Waals surface area contributed by atoms with Crippen LogP contribution < -0.4 is 9.78 Å². The van der Waals surface area contributed by atoms with Gasteiger partial charge in [0.1, 0.15) is 5.82 Å². The van der Waals surface area contributed by atoms with Crippen molar-refractivity contribution in [1.29, 1.82) is 0 Å². The Balaban J connectivity index is 1.97. The summed E-state index contributed by atoms with van der Waals surface area (Å²) in [4.78, 5) is 10.1. The Morgan fingerprint density at radius 1 is 0.750 bits per heavy atom. The summed E-state index contributed by atoms with van der Waals surface area (Å²) in [5.41, 5.74) is 1.15. The van der Waals surface area contributed by atoms with Gasteiger partial charge in [-0.2, -0.15) is 0 Å². The molecule has 0 unspecified atom stereocenters. The SMILES string of the molecule is Cc1ccc(OOc2ccc(F)cc2)cc1. The van der Waals surface area contributed by atoms with Gasteiger partial charge in [-0.05, 0) is 43.3 Å². The molecule has 2 aromatic rings. The second kappa shape index (κ2) is 4.66. The molecule has 0 atom stereocenters. The van der Waals surface area contributed by atoms with E-state index in [1.54, 1.807) is 12.1 Å². The molecular formula is C13H11FO2. The van der Waals surface area contributed by atoms with E-state index in [-0.39, 0.29) is 5.82 Å². The quantitative estimate of drug-likeness (QED) is 0.579. The first kappa shape index (κ1) is 10.5. The molecule has 0 radical (unpaired) electrons. The van der Waals surface area contributed by atoms with Crippen molar-refractivity contribution in [2.45, 2.75) is 6.92 Å². The van der Waals surface area contributed by atoms with E-state index in [0.717, 1.165) is 5.56 Å². The molecule has 2 rings (SSSR count). The number of aryl methyl sites for hydroxylation is 1. The van der Waals surface area contributed by atoms with Gasteiger partial charge < -0.3 is 0 Å². The molecule has 0 aromatic heterocycles. The summed E-state index contributed by atoms with van der Waals surface area (Å²) >= 11 is 0. The van der Waals surface area contributed by atoms with E-state index < -0.39 is 0 Å². The molecule has 3 heteroatoms. The molecule has 0 saturated carbocycles. The van der Waals surface area contributed by atoms with Gasteiger partial charge >= 0.3 is 0 Å². The molecule has 0 aliphatic rings. The minimum Gasteiger partial charge on any atom is -0.290 e. The maximum absolute atomic E-state index is 12.6. The fourth-order valence-corrected chi connectivity index (χ4v) is 1.18. The predicted molar refractivity (Wildman–Crippen MR) is 58.8 cm³/mol. The lowest BCUT2D eigenvalue weighted by atomic mass is 10.2. The Kier molecular flexibility index (Phi) is 3.05. The molecule has 82 valence electrons. The van der Waals surface area contributed by atoms with Crippen LogP contribution in [-0.4, -0.2) is 0 Å². The van der Waals surface area contributed by atoms with Crippen molar-refractivity contribution >= 4 is 0 Å². The molecule has 0 heterocycles. The van der Waals surface area contributed by atoms with Crippen molar-refractivity contribution in [3.63, 3.8) is 0 Å². The minimum atomic E-state index is -0.303. The normalized spacial score (nSPS) is 9.88. The molecule has 0 fully saturated rings. The van der Waals surface area contributed by atoms with Gasteiger partial charge in [-0.15, -0.1) is 0 Å². The highest BCUT2D eigenvalue weighted by atomic mass is 19.1. The molecule has 0 aliphatic heterocycles. The average Bonchev–Trinajstić information content (AvgIpc) is 2.30. The van der Waals surface area contributed by atoms with Crippen LogP contribution >= 0.6 is 0 Å². The third-order valence-corrected chi connectivity index (χ3v) is 2.07. The van der Waals surface area contributed by atoms with Crippen LogP contribution in [0.15, 0.2) is 48.5 Å². The minimum absolute atomic E-state index is 0.303. The summed E-state index contributed by atoms with van der Waals surface area (Å²) in [6.45, 7) is 1.99. The van der Waals surface area contributed by atoms with Crippen molar-refractivity contribution < 1.29 is 14.2 Å². The Bertz CT molecular complexity index is 403. The number of hydrogen-bond acceptors (Lipinski definition) is 2. The summed E-state index contributed by atoms with van der Waals surface area (Å²) in [6, 6.07) is 13.1. The van der Waals surface area contributed by atoms with Crippen LogP contribution in [0.1, 0.15) is 5.56 Å². The van der Waals surface area contributed by atoms with E-state index >= 15 is 0 Å². The van der Waals surface area contributed by atoms with Crippen LogP contribution in [0.3, 0.4) is 0 Å². The predicted octanol–water partition coefficient (Wildman–Crippen LogP) is 3.51. The van der Waals surface area contributed by atoms with Gasteiger partial charge in [-0.1, -0.05) is 17.7 Å². The molecule has 2 aromatic carbocycles. The first-order valence-corrected chi connectivity index (χ1v) is 4.91. The maximum atomic E-state index is 12.6. The monoisotopic (exact) mass is 218 g/mol. The fraction of sp³-hybridized carbons (Fsp3) is 0.0769. The third-order valence-electron chi connectivity index (χ3n) is 2.07. The maximum Gasteiger partial charge on any atom is 0.178 e. The lowest BCUT2D eigenvalue weighted by Gasteiger charge is -2.05. The van der Waals surface area contributed by atoms with Crippen LogP contribution in [-0.2, 0) is 0 Å². The Hall–Kier alpha value is -2.03. The third kappa shape index (κ3) is 2.73. The van der Waals surface area contributed by atoms with Gasteiger partial charge in [0.25, 0.3) is 0 Å². The molecular weight excluding hydrogens is 207 g/mol. The summed E-state index contributed by atoms with van der Waals surface area (Å²) in [5, 5.41) is 0. The van der Waals surface area contributed by atoms with E-state index in [0.29, 0.717) is 11.5 Å². The van der Waals surface area contributed by atoms with Gasteiger partial charge in [0.2, 0.25) is 0 Å². The zero-order valence-corrected chi connectivity index (χ0v) is 8.81. The van der Waals surface area contributed by atoms with Crippen molar-refractivity contribution in [1.82, 2.24) is 0 Å². The van der Waals surface area contributed by atoms with Gasteiger partial charge in [0, 0.05) is 0 Å². The van der Waals surface area contributed by atoms with E-state index in [1.807, 2.05) is 19.1 Å². The molecule has 16 heavy (non-hydrogen) atoms. The van der Waals surface area contributed by atoms with Crippen molar-refractivity contribution in [3.8, 4) is 11.5 Å². The lowest BCUT2D eigenvalue weighted by molar-refractivity contribution is -0.1000. The van der Waals surface area contributed by atoms with Crippen LogP contribution in [0.4, 0.5) is 4.39 Å². The number of hydrogen-bond donors (Lipinski definition) is 0. The molecule has 0 bridgehead atoms. The van der Waals surface area contributed by atoms with E-state index in [4.69, 9.17) is 9.78 Å². The number of rotatable bonds is 3. The largest absolute Gasteiger partial charge is 0.290 e. The second-order valence-corrected chi connectivity index (χ2v) is 3.43. The van der Waals surface area contributed by atoms with Crippen LogP contribution in [0.25, 0.3) is 0 Å². The second-order valence-electron chi connectivity index (χ2n) is 3.43. The molecule has 0 saturated heterocycles. The van der Waals surface area contributed by atoms with Crippen molar-refractivity contribution in [2.75, 3.05) is 0 Å². The van der Waals surface area contributed by atoms with Crippen LogP contribution in [0.5, 0.6) is 11.5 Å². The van der Waals surface area contributed by atoms with Crippen LogP contribution in [0, 0.1) is 12.7 Å². The molecule has 0 N–H and O–H groups in total. The van der Waals surface area contributed by atoms with E-state index in [9.17, 15) is 4.39 Å². The summed E-state index contributed by atoms with van der Waals surface area (Å²) in [7, 11) is 0. The highest BCUT2D eigenvalue weighted by Crippen LogP contribution is 2.15. The van der Waals surface area contributed by atoms with E-state index in [1.165, 1.54) is 24.3 Å². The Morgan fingerprint density at radius 3 is 1.69 bits per heavy atom. The fourth-order valence-electron chi connectivity index (χ4n) is 1.18. The molecule has 2 nitrogen and oxygen atoms in total. The first-order valence-electron chi connectivity index (χ1n) is 4.91. The molecule has 0 amide bonds. The van der Waals surface area contributed by atoms with Gasteiger partial charge in [-0.25, -0.2) is 4.39 Å². The van der Waals surface area contributed by atoms with Gasteiger partial charge in [-0.3, -0.25) is 9.78 Å². The zero-order valence-electron chi connectivity index (χ0n) is 8.81. The van der Waals surface area contributed by atoms with Crippen LogP contribution in [0.2, 0.25) is 0 Å². The van der Waals surface area contributed by atoms with Gasteiger partial charge in [0.15, 0.2) is 11.5 Å². The molecule has 0 spiro atoms. The summed E-state index contributed by atoms with van der Waals surface area (Å²) < 4.78 is 12.6. The zero-order chi connectivity index (χ0) is 11.4.